The van der Waals surface area contributed by atoms with Gasteiger partial charge in [-0.15, -0.1) is 0 Å². The maximum Gasteiger partial charge on any atom is 0.317 e. The van der Waals surface area contributed by atoms with Crippen LogP contribution in [0, 0.1) is 0 Å². The lowest BCUT2D eigenvalue weighted by molar-refractivity contribution is -0.138. The summed E-state index contributed by atoms with van der Waals surface area (Å²) in [6.45, 7) is 10.3. The molecule has 0 aromatic carbocycles. The summed E-state index contributed by atoms with van der Waals surface area (Å²) in [6, 6.07) is -0.678. The zero-order chi connectivity index (χ0) is 37.0. The van der Waals surface area contributed by atoms with Gasteiger partial charge in [0.05, 0.1) is 19.1 Å². The lowest BCUT2D eigenvalue weighted by Crippen LogP contribution is -2.43. The molecule has 1 heterocycles. The Morgan fingerprint density at radius 2 is 1.10 bits per heavy atom. The summed E-state index contributed by atoms with van der Waals surface area (Å²) < 4.78 is 0. The molecule has 15 heteroatoms. The molecule has 0 aromatic heterocycles. The van der Waals surface area contributed by atoms with Crippen molar-refractivity contribution in [3.05, 3.63) is 0 Å². The van der Waals surface area contributed by atoms with Crippen LogP contribution in [0.15, 0.2) is 0 Å². The molecular formula is C35H66N8O7. The Labute approximate surface area is 299 Å². The molecule has 1 aliphatic rings. The zero-order valence-corrected chi connectivity index (χ0v) is 31.0. The van der Waals surface area contributed by atoms with Crippen LogP contribution < -0.4 is 26.6 Å². The van der Waals surface area contributed by atoms with E-state index in [-0.39, 0.29) is 42.6 Å². The Kier molecular flexibility index (Phi) is 25.4. The average molecular weight is 711 g/mol. The summed E-state index contributed by atoms with van der Waals surface area (Å²) in [5.41, 5.74) is 0. The van der Waals surface area contributed by atoms with Crippen LogP contribution in [-0.2, 0) is 24.0 Å². The first-order valence-electron chi connectivity index (χ1n) is 18.7. The Balaban J connectivity index is 2.12. The molecule has 0 aliphatic carbocycles. The van der Waals surface area contributed by atoms with Gasteiger partial charge in [-0.1, -0.05) is 19.8 Å². The highest BCUT2D eigenvalue weighted by Crippen LogP contribution is 2.08. The number of unbranched alkanes of at least 4 members (excludes halogenated alkanes) is 6. The van der Waals surface area contributed by atoms with Crippen molar-refractivity contribution >= 4 is 35.5 Å². The van der Waals surface area contributed by atoms with E-state index in [0.29, 0.717) is 84.3 Å². The minimum Gasteiger partial charge on any atom is -0.480 e. The number of Topliss-reactive ketones (excluding diaryl/α,β-unsaturated/α-hetero) is 1. The van der Waals surface area contributed by atoms with E-state index in [1.807, 2.05) is 23.8 Å². The lowest BCUT2D eigenvalue weighted by atomic mass is 10.1. The van der Waals surface area contributed by atoms with Gasteiger partial charge < -0.3 is 36.6 Å². The van der Waals surface area contributed by atoms with Crippen LogP contribution in [0.25, 0.3) is 0 Å². The molecule has 1 aliphatic heterocycles. The van der Waals surface area contributed by atoms with Crippen molar-refractivity contribution in [2.75, 3.05) is 85.6 Å². The Bertz CT molecular complexity index is 1020. The van der Waals surface area contributed by atoms with Crippen molar-refractivity contribution in [1.82, 2.24) is 41.3 Å². The number of ketones is 1. The molecule has 0 saturated carbocycles. The van der Waals surface area contributed by atoms with Gasteiger partial charge in [-0.25, -0.2) is 4.79 Å². The van der Waals surface area contributed by atoms with Gasteiger partial charge in [0, 0.05) is 78.3 Å². The van der Waals surface area contributed by atoms with Gasteiger partial charge in [-0.05, 0) is 71.8 Å². The molecule has 1 fully saturated rings. The Morgan fingerprint density at radius 1 is 0.600 bits per heavy atom. The summed E-state index contributed by atoms with van der Waals surface area (Å²) in [7, 11) is 2.00. The molecule has 0 bridgehead atoms. The van der Waals surface area contributed by atoms with E-state index in [9.17, 15) is 28.8 Å². The zero-order valence-electron chi connectivity index (χ0n) is 31.0. The standard InChI is InChI=1S/C35H66N8O7/c1-4-17-38-35(50)39-20-12-7-11-18-36-31(45)15-8-5-6-9-16-32(46)40-30(29(2)44)14-10-13-19-37-33(47)27-42-23-21-41(3)22-24-43(26-25-42)28-34(48)49/h30H,4-28H2,1-3H3,(H,36,45)(H,37,47)(H,40,46)(H,48,49)(H2,38,39,50). The quantitative estimate of drug-likeness (QED) is 0.0714. The largest absolute Gasteiger partial charge is 0.480 e. The number of nitrogens with one attached hydrogen (secondary N) is 5. The topological polar surface area (TPSA) is 193 Å². The number of carbonyl (C=O) groups excluding carboxylic acids is 5. The second-order valence-electron chi connectivity index (χ2n) is 13.3. The van der Waals surface area contributed by atoms with Crippen molar-refractivity contribution < 1.29 is 33.9 Å². The minimum atomic E-state index is -0.854. The monoisotopic (exact) mass is 711 g/mol. The predicted molar refractivity (Wildman–Crippen MR) is 194 cm³/mol. The van der Waals surface area contributed by atoms with E-state index in [1.54, 1.807) is 0 Å². The van der Waals surface area contributed by atoms with Crippen LogP contribution in [0.1, 0.15) is 97.3 Å². The third-order valence-corrected chi connectivity index (χ3v) is 8.68. The summed E-state index contributed by atoms with van der Waals surface area (Å²) in [4.78, 5) is 78.0. The lowest BCUT2D eigenvalue weighted by Gasteiger charge is -2.24. The summed E-state index contributed by atoms with van der Waals surface area (Å²) in [5, 5.41) is 23.5. The van der Waals surface area contributed by atoms with Crippen molar-refractivity contribution in [2.24, 2.45) is 0 Å². The highest BCUT2D eigenvalue weighted by molar-refractivity contribution is 5.87. The van der Waals surface area contributed by atoms with Gasteiger partial charge in [0.1, 0.15) is 0 Å². The SMILES string of the molecule is CCCNC(=O)NCCCCCNC(=O)CCCCCCC(=O)NC(CCCCNC(=O)CN1CCN(C)CCN(CC(=O)O)CC1)C(C)=O. The number of carboxylic acids is 1. The van der Waals surface area contributed by atoms with Gasteiger partial charge >= 0.3 is 12.0 Å². The number of rotatable bonds is 26. The fourth-order valence-corrected chi connectivity index (χ4v) is 5.52. The van der Waals surface area contributed by atoms with Crippen LogP contribution in [-0.4, -0.2) is 147 Å². The van der Waals surface area contributed by atoms with Crippen molar-refractivity contribution in [3.8, 4) is 0 Å². The van der Waals surface area contributed by atoms with E-state index in [4.69, 9.17) is 5.11 Å². The molecule has 1 saturated heterocycles. The van der Waals surface area contributed by atoms with E-state index < -0.39 is 12.0 Å². The number of hydrogen-bond donors (Lipinski definition) is 6. The molecule has 0 aromatic rings. The van der Waals surface area contributed by atoms with E-state index in [2.05, 4.69) is 31.5 Å². The smallest absolute Gasteiger partial charge is 0.317 e. The van der Waals surface area contributed by atoms with Crippen LogP contribution in [0.3, 0.4) is 0 Å². The van der Waals surface area contributed by atoms with Gasteiger partial charge in [-0.3, -0.25) is 33.8 Å². The molecule has 1 rings (SSSR count). The summed E-state index contributed by atoms with van der Waals surface area (Å²) in [6.07, 6.45) is 9.38. The third kappa shape index (κ3) is 24.8. The summed E-state index contributed by atoms with van der Waals surface area (Å²) >= 11 is 0. The van der Waals surface area contributed by atoms with Crippen LogP contribution in [0.4, 0.5) is 4.79 Å². The molecule has 6 N–H and O–H groups in total. The molecule has 1 unspecified atom stereocenters. The molecular weight excluding hydrogens is 644 g/mol. The highest BCUT2D eigenvalue weighted by atomic mass is 16.4. The number of hydrogen-bond acceptors (Lipinski definition) is 9. The van der Waals surface area contributed by atoms with E-state index in [0.717, 1.165) is 64.6 Å². The summed E-state index contributed by atoms with van der Waals surface area (Å²) in [5.74, 6) is -1.14. The molecule has 0 radical (unpaired) electrons. The molecule has 50 heavy (non-hydrogen) atoms. The van der Waals surface area contributed by atoms with Gasteiger partial charge in [0.15, 0.2) is 5.78 Å². The number of nitrogens with zero attached hydrogens (tertiary/aromatic N) is 3. The number of urea groups is 1. The van der Waals surface area contributed by atoms with E-state index in [1.165, 1.54) is 6.92 Å². The molecule has 1 atom stereocenters. The number of aliphatic carboxylic acids is 1. The third-order valence-electron chi connectivity index (χ3n) is 8.68. The average Bonchev–Trinajstić information content (AvgIpc) is 3.14. The van der Waals surface area contributed by atoms with Gasteiger partial charge in [0.2, 0.25) is 17.7 Å². The van der Waals surface area contributed by atoms with Crippen molar-refractivity contribution in [2.45, 2.75) is 103 Å². The number of carboxylic acid groups (broad SMARTS) is 1. The number of likely N-dealkylation sites (N-methyl/N-ethyl adjacent to an activating group) is 1. The fourth-order valence-electron chi connectivity index (χ4n) is 5.52. The maximum absolute atomic E-state index is 12.6. The number of carbonyl (C=O) groups is 6. The Morgan fingerprint density at radius 3 is 1.70 bits per heavy atom. The second kappa shape index (κ2) is 28.4. The predicted octanol–water partition coefficient (Wildman–Crippen LogP) is 1.32. The van der Waals surface area contributed by atoms with Crippen molar-refractivity contribution in [3.63, 3.8) is 0 Å². The first-order chi connectivity index (χ1) is 24.0. The first-order valence-corrected chi connectivity index (χ1v) is 18.7. The van der Waals surface area contributed by atoms with Gasteiger partial charge in [-0.2, -0.15) is 0 Å². The molecule has 288 valence electrons. The van der Waals surface area contributed by atoms with E-state index >= 15 is 0 Å². The Hall–Kier alpha value is -3.30. The molecule has 5 amide bonds. The normalized spacial score (nSPS) is 15.2. The maximum atomic E-state index is 12.6. The van der Waals surface area contributed by atoms with Crippen LogP contribution in [0.5, 0.6) is 0 Å². The molecule has 15 nitrogen and oxygen atoms in total. The van der Waals surface area contributed by atoms with Crippen LogP contribution >= 0.6 is 0 Å². The second-order valence-corrected chi connectivity index (χ2v) is 13.3. The highest BCUT2D eigenvalue weighted by Gasteiger charge is 2.19. The van der Waals surface area contributed by atoms with Crippen LogP contribution in [0.2, 0.25) is 0 Å². The number of amides is 5. The fraction of sp³-hybridized carbons (Fsp3) is 0.829. The molecule has 0 spiro atoms. The van der Waals surface area contributed by atoms with Crippen molar-refractivity contribution in [1.29, 1.82) is 0 Å². The minimum absolute atomic E-state index is 0.0117. The van der Waals surface area contributed by atoms with Gasteiger partial charge in [0.25, 0.3) is 0 Å². The first kappa shape index (κ1) is 44.7.